The fraction of sp³-hybridized carbons (Fsp3) is 0.235. The second-order valence-electron chi connectivity index (χ2n) is 4.96. The van der Waals surface area contributed by atoms with Gasteiger partial charge in [0, 0.05) is 25.3 Å². The van der Waals surface area contributed by atoms with Crippen molar-refractivity contribution in [1.82, 2.24) is 0 Å². The van der Waals surface area contributed by atoms with E-state index in [9.17, 15) is 4.79 Å². The Hall–Kier alpha value is -2.29. The lowest BCUT2D eigenvalue weighted by atomic mass is 10.2. The SMILES string of the molecule is CC(=O)N(CN(C)c1ccc(C)cc1)c1ccccc1. The Labute approximate surface area is 120 Å². The summed E-state index contributed by atoms with van der Waals surface area (Å²) >= 11 is 0. The minimum atomic E-state index is 0.0372. The molecule has 0 aromatic heterocycles. The van der Waals surface area contributed by atoms with Crippen molar-refractivity contribution in [3.8, 4) is 0 Å². The van der Waals surface area contributed by atoms with Crippen LogP contribution in [0, 0.1) is 6.92 Å². The summed E-state index contributed by atoms with van der Waals surface area (Å²) in [6, 6.07) is 18.0. The second kappa shape index (κ2) is 6.24. The first kappa shape index (κ1) is 14.1. The molecule has 0 N–H and O–H groups in total. The Balaban J connectivity index is 2.16. The molecule has 2 aromatic rings. The molecule has 0 atom stereocenters. The molecule has 2 aromatic carbocycles. The largest absolute Gasteiger partial charge is 0.356 e. The van der Waals surface area contributed by atoms with Gasteiger partial charge < -0.3 is 4.90 Å². The van der Waals surface area contributed by atoms with Crippen molar-refractivity contribution in [2.75, 3.05) is 23.5 Å². The van der Waals surface area contributed by atoms with E-state index in [1.54, 1.807) is 11.8 Å². The molecular weight excluding hydrogens is 248 g/mol. The lowest BCUT2D eigenvalue weighted by Crippen LogP contribution is -2.38. The third-order valence-electron chi connectivity index (χ3n) is 3.28. The normalized spacial score (nSPS) is 10.2. The zero-order valence-electron chi connectivity index (χ0n) is 12.2. The van der Waals surface area contributed by atoms with Crippen molar-refractivity contribution in [2.45, 2.75) is 13.8 Å². The van der Waals surface area contributed by atoms with E-state index in [0.717, 1.165) is 11.4 Å². The van der Waals surface area contributed by atoms with Crippen molar-refractivity contribution < 1.29 is 4.79 Å². The molecular formula is C17H20N2O. The molecule has 0 unspecified atom stereocenters. The van der Waals surface area contributed by atoms with Gasteiger partial charge in [-0.3, -0.25) is 9.69 Å². The molecule has 0 heterocycles. The number of hydrogen-bond acceptors (Lipinski definition) is 2. The van der Waals surface area contributed by atoms with Gasteiger partial charge in [-0.2, -0.15) is 0 Å². The molecule has 1 amide bonds. The molecule has 2 rings (SSSR count). The molecule has 3 heteroatoms. The second-order valence-corrected chi connectivity index (χ2v) is 4.96. The molecule has 3 nitrogen and oxygen atoms in total. The summed E-state index contributed by atoms with van der Waals surface area (Å²) in [5, 5.41) is 0. The number of rotatable bonds is 4. The van der Waals surface area contributed by atoms with Gasteiger partial charge in [-0.05, 0) is 31.2 Å². The predicted molar refractivity (Wildman–Crippen MR) is 84.1 cm³/mol. The summed E-state index contributed by atoms with van der Waals surface area (Å²) in [4.78, 5) is 15.7. The summed E-state index contributed by atoms with van der Waals surface area (Å²) in [7, 11) is 1.99. The number of nitrogens with zero attached hydrogens (tertiary/aromatic N) is 2. The highest BCUT2D eigenvalue weighted by atomic mass is 16.2. The van der Waals surface area contributed by atoms with Crippen molar-refractivity contribution >= 4 is 17.3 Å². The van der Waals surface area contributed by atoms with Crippen LogP contribution in [0.2, 0.25) is 0 Å². The maximum absolute atomic E-state index is 11.9. The highest BCUT2D eigenvalue weighted by Gasteiger charge is 2.13. The zero-order valence-corrected chi connectivity index (χ0v) is 12.2. The van der Waals surface area contributed by atoms with Gasteiger partial charge in [-0.15, -0.1) is 0 Å². The summed E-state index contributed by atoms with van der Waals surface area (Å²) < 4.78 is 0. The summed E-state index contributed by atoms with van der Waals surface area (Å²) in [5.41, 5.74) is 3.24. The summed E-state index contributed by atoms with van der Waals surface area (Å²) in [5.74, 6) is 0.0372. The summed E-state index contributed by atoms with van der Waals surface area (Å²) in [6.45, 7) is 4.19. The lowest BCUT2D eigenvalue weighted by Gasteiger charge is -2.28. The number of hydrogen-bond donors (Lipinski definition) is 0. The third kappa shape index (κ3) is 3.38. The van der Waals surface area contributed by atoms with Gasteiger partial charge in [0.1, 0.15) is 0 Å². The minimum Gasteiger partial charge on any atom is -0.356 e. The molecule has 0 spiro atoms. The first-order valence-electron chi connectivity index (χ1n) is 6.69. The molecule has 0 saturated carbocycles. The van der Waals surface area contributed by atoms with Crippen LogP contribution in [0.5, 0.6) is 0 Å². The van der Waals surface area contributed by atoms with Gasteiger partial charge in [0.05, 0.1) is 6.67 Å². The van der Waals surface area contributed by atoms with E-state index >= 15 is 0 Å². The Morgan fingerprint density at radius 3 is 2.10 bits per heavy atom. The average Bonchev–Trinajstić information content (AvgIpc) is 2.46. The number of aryl methyl sites for hydroxylation is 1. The lowest BCUT2D eigenvalue weighted by molar-refractivity contribution is -0.116. The Morgan fingerprint density at radius 2 is 1.55 bits per heavy atom. The van der Waals surface area contributed by atoms with E-state index < -0.39 is 0 Å². The standard InChI is InChI=1S/C17H20N2O/c1-14-9-11-16(12-10-14)18(3)13-19(15(2)20)17-7-5-4-6-8-17/h4-12H,13H2,1-3H3. The van der Waals surface area contributed by atoms with E-state index in [-0.39, 0.29) is 5.91 Å². The van der Waals surface area contributed by atoms with E-state index in [0.29, 0.717) is 6.67 Å². The van der Waals surface area contributed by atoms with E-state index in [2.05, 4.69) is 36.1 Å². The van der Waals surface area contributed by atoms with Crippen LogP contribution in [0.25, 0.3) is 0 Å². The monoisotopic (exact) mass is 268 g/mol. The highest BCUT2D eigenvalue weighted by molar-refractivity contribution is 5.91. The molecule has 0 radical (unpaired) electrons. The zero-order chi connectivity index (χ0) is 14.5. The maximum Gasteiger partial charge on any atom is 0.225 e. The van der Waals surface area contributed by atoms with Gasteiger partial charge in [-0.1, -0.05) is 35.9 Å². The van der Waals surface area contributed by atoms with Crippen molar-refractivity contribution in [1.29, 1.82) is 0 Å². The van der Waals surface area contributed by atoms with E-state index in [1.807, 2.05) is 37.4 Å². The first-order valence-corrected chi connectivity index (χ1v) is 6.69. The van der Waals surface area contributed by atoms with Gasteiger partial charge in [0.2, 0.25) is 5.91 Å². The fourth-order valence-corrected chi connectivity index (χ4v) is 2.06. The Morgan fingerprint density at radius 1 is 0.950 bits per heavy atom. The van der Waals surface area contributed by atoms with Crippen LogP contribution in [0.1, 0.15) is 12.5 Å². The van der Waals surface area contributed by atoms with Crippen molar-refractivity contribution in [3.05, 3.63) is 60.2 Å². The number of para-hydroxylation sites is 1. The van der Waals surface area contributed by atoms with E-state index in [1.165, 1.54) is 5.56 Å². The Kier molecular flexibility index (Phi) is 4.41. The number of carbonyl (C=O) groups is 1. The predicted octanol–water partition coefficient (Wildman–Crippen LogP) is 3.44. The highest BCUT2D eigenvalue weighted by Crippen LogP contribution is 2.18. The van der Waals surface area contributed by atoms with Gasteiger partial charge in [0.25, 0.3) is 0 Å². The number of carbonyl (C=O) groups excluding carboxylic acids is 1. The fourth-order valence-electron chi connectivity index (χ4n) is 2.06. The topological polar surface area (TPSA) is 23.6 Å². The average molecular weight is 268 g/mol. The molecule has 0 aliphatic rings. The molecule has 0 saturated heterocycles. The molecule has 0 bridgehead atoms. The smallest absolute Gasteiger partial charge is 0.225 e. The quantitative estimate of drug-likeness (QED) is 0.793. The first-order chi connectivity index (χ1) is 9.58. The number of anilines is 2. The van der Waals surface area contributed by atoms with Crippen molar-refractivity contribution in [3.63, 3.8) is 0 Å². The molecule has 104 valence electrons. The van der Waals surface area contributed by atoms with Crippen LogP contribution >= 0.6 is 0 Å². The minimum absolute atomic E-state index is 0.0372. The van der Waals surface area contributed by atoms with Crippen LogP contribution in [-0.4, -0.2) is 19.6 Å². The van der Waals surface area contributed by atoms with Crippen LogP contribution in [-0.2, 0) is 4.79 Å². The molecule has 0 aliphatic carbocycles. The van der Waals surface area contributed by atoms with Crippen LogP contribution in [0.3, 0.4) is 0 Å². The van der Waals surface area contributed by atoms with E-state index in [4.69, 9.17) is 0 Å². The third-order valence-corrected chi connectivity index (χ3v) is 3.28. The van der Waals surface area contributed by atoms with Crippen LogP contribution in [0.15, 0.2) is 54.6 Å². The summed E-state index contributed by atoms with van der Waals surface area (Å²) in [6.07, 6.45) is 0. The van der Waals surface area contributed by atoms with Crippen LogP contribution < -0.4 is 9.80 Å². The van der Waals surface area contributed by atoms with Gasteiger partial charge >= 0.3 is 0 Å². The van der Waals surface area contributed by atoms with Crippen LogP contribution in [0.4, 0.5) is 11.4 Å². The molecule has 0 aliphatic heterocycles. The maximum atomic E-state index is 11.9. The number of benzene rings is 2. The molecule has 0 fully saturated rings. The Bertz CT molecular complexity index is 563. The van der Waals surface area contributed by atoms with Gasteiger partial charge in [0.15, 0.2) is 0 Å². The molecule has 20 heavy (non-hydrogen) atoms. The van der Waals surface area contributed by atoms with Gasteiger partial charge in [-0.25, -0.2) is 0 Å². The number of amides is 1. The van der Waals surface area contributed by atoms with Crippen molar-refractivity contribution in [2.24, 2.45) is 0 Å².